The highest BCUT2D eigenvalue weighted by Crippen LogP contribution is 2.39. The van der Waals surface area contributed by atoms with Gasteiger partial charge in [0.25, 0.3) is 0 Å². The Hall–Kier alpha value is -3.03. The van der Waals surface area contributed by atoms with E-state index in [1.165, 1.54) is 28.4 Å². The molecule has 0 unspecified atom stereocenters. The first-order chi connectivity index (χ1) is 18.6. The van der Waals surface area contributed by atoms with Crippen LogP contribution in [0.25, 0.3) is 22.3 Å². The summed E-state index contributed by atoms with van der Waals surface area (Å²) in [6, 6.07) is 8.22. The van der Waals surface area contributed by atoms with Crippen LogP contribution < -0.4 is 29.1 Å². The fourth-order valence-corrected chi connectivity index (χ4v) is 3.60. The molecule has 0 aliphatic heterocycles. The van der Waals surface area contributed by atoms with Crippen molar-refractivity contribution in [3.05, 3.63) is 40.6 Å². The molecule has 2 aromatic carbocycles. The summed E-state index contributed by atoms with van der Waals surface area (Å²) < 4.78 is 54.9. The van der Waals surface area contributed by atoms with Crippen molar-refractivity contribution in [3.8, 4) is 40.1 Å². The Balaban J connectivity index is 2.22. The largest absolute Gasteiger partial charge is 0.492 e. The number of methoxy groups -OCH3 is 4. The number of alkyl halides is 1. The monoisotopic (exact) mass is 598 g/mol. The molecule has 0 atom stereocenters. The van der Waals surface area contributed by atoms with Gasteiger partial charge in [0.2, 0.25) is 11.2 Å². The highest BCUT2D eigenvalue weighted by Gasteiger charge is 2.23. The van der Waals surface area contributed by atoms with Crippen molar-refractivity contribution in [2.45, 2.75) is 6.42 Å². The second kappa shape index (κ2) is 15.4. The molecule has 0 amide bonds. The smallest absolute Gasteiger partial charge is 0.239 e. The molecule has 0 saturated carbocycles. The summed E-state index contributed by atoms with van der Waals surface area (Å²) in [5.74, 6) is 1.55. The minimum absolute atomic E-state index is 0.00159. The topological polar surface area (TPSA) is 113 Å². The van der Waals surface area contributed by atoms with E-state index in [1.54, 1.807) is 30.3 Å². The lowest BCUT2D eigenvalue weighted by Crippen LogP contribution is -2.13. The SMILES string of the molecule is COCOc1cc(OCCCBr)c2c(=O)c(OCOC)c(-c3ccc(OCOC)c(OCOC)c3)oc2c1. The predicted octanol–water partition coefficient (Wildman–Crippen LogP) is 4.55. The summed E-state index contributed by atoms with van der Waals surface area (Å²) in [5, 5.41) is 0.943. The van der Waals surface area contributed by atoms with Crippen LogP contribution in [0.5, 0.6) is 28.7 Å². The summed E-state index contributed by atoms with van der Waals surface area (Å²) in [5.41, 5.74) is 0.275. The van der Waals surface area contributed by atoms with Gasteiger partial charge < -0.3 is 47.0 Å². The molecular formula is C26H31BrO11. The van der Waals surface area contributed by atoms with Crippen molar-refractivity contribution >= 4 is 26.9 Å². The molecule has 12 heteroatoms. The Kier molecular flexibility index (Phi) is 12.0. The van der Waals surface area contributed by atoms with Crippen LogP contribution >= 0.6 is 15.9 Å². The molecule has 1 aromatic heterocycles. The van der Waals surface area contributed by atoms with E-state index in [0.717, 1.165) is 11.8 Å². The minimum Gasteiger partial charge on any atom is -0.492 e. The number of ether oxygens (including phenoxy) is 9. The number of fused-ring (bicyclic) bond motifs is 1. The van der Waals surface area contributed by atoms with Gasteiger partial charge in [0.15, 0.2) is 44.4 Å². The van der Waals surface area contributed by atoms with Gasteiger partial charge in [-0.3, -0.25) is 4.79 Å². The number of hydrogen-bond acceptors (Lipinski definition) is 11. The average Bonchev–Trinajstić information content (AvgIpc) is 2.93. The molecule has 3 aromatic rings. The molecule has 0 spiro atoms. The van der Waals surface area contributed by atoms with E-state index in [1.807, 2.05) is 0 Å². The van der Waals surface area contributed by atoms with Crippen molar-refractivity contribution in [2.24, 2.45) is 0 Å². The van der Waals surface area contributed by atoms with Gasteiger partial charge in [-0.1, -0.05) is 15.9 Å². The van der Waals surface area contributed by atoms with Gasteiger partial charge in [-0.05, 0) is 24.6 Å². The Morgan fingerprint density at radius 2 is 1.39 bits per heavy atom. The molecule has 0 radical (unpaired) electrons. The van der Waals surface area contributed by atoms with Crippen molar-refractivity contribution in [1.29, 1.82) is 0 Å². The summed E-state index contributed by atoms with van der Waals surface area (Å²) in [7, 11) is 5.97. The lowest BCUT2D eigenvalue weighted by Gasteiger charge is -2.16. The average molecular weight is 599 g/mol. The summed E-state index contributed by atoms with van der Waals surface area (Å²) in [6.07, 6.45) is 0.725. The molecular weight excluding hydrogens is 568 g/mol. The van der Waals surface area contributed by atoms with Crippen LogP contribution in [0.1, 0.15) is 6.42 Å². The quantitative estimate of drug-likeness (QED) is 0.124. The third-order valence-corrected chi connectivity index (χ3v) is 5.52. The number of rotatable bonds is 17. The first-order valence-electron chi connectivity index (χ1n) is 11.5. The Labute approximate surface area is 228 Å². The van der Waals surface area contributed by atoms with Gasteiger partial charge in [-0.25, -0.2) is 0 Å². The van der Waals surface area contributed by atoms with E-state index in [9.17, 15) is 4.79 Å². The molecule has 208 valence electrons. The number of halogens is 1. The highest BCUT2D eigenvalue weighted by molar-refractivity contribution is 9.09. The van der Waals surface area contributed by atoms with Gasteiger partial charge in [-0.15, -0.1) is 0 Å². The second-order valence-electron chi connectivity index (χ2n) is 7.64. The maximum atomic E-state index is 13.8. The van der Waals surface area contributed by atoms with Crippen LogP contribution in [-0.4, -0.2) is 67.5 Å². The third-order valence-electron chi connectivity index (χ3n) is 4.96. The molecule has 0 saturated heterocycles. The molecule has 11 nitrogen and oxygen atoms in total. The Morgan fingerprint density at radius 3 is 2.08 bits per heavy atom. The van der Waals surface area contributed by atoms with E-state index in [4.69, 9.17) is 47.0 Å². The first kappa shape index (κ1) is 29.5. The van der Waals surface area contributed by atoms with Crippen LogP contribution in [0.2, 0.25) is 0 Å². The van der Waals surface area contributed by atoms with Crippen LogP contribution in [0.3, 0.4) is 0 Å². The van der Waals surface area contributed by atoms with Gasteiger partial charge in [-0.2, -0.15) is 0 Å². The van der Waals surface area contributed by atoms with Crippen LogP contribution in [0.4, 0.5) is 0 Å². The molecule has 0 aliphatic rings. The maximum Gasteiger partial charge on any atom is 0.239 e. The number of hydrogen-bond donors (Lipinski definition) is 0. The van der Waals surface area contributed by atoms with Crippen LogP contribution in [-0.2, 0) is 18.9 Å². The molecule has 0 aliphatic carbocycles. The van der Waals surface area contributed by atoms with Crippen molar-refractivity contribution in [3.63, 3.8) is 0 Å². The van der Waals surface area contributed by atoms with E-state index < -0.39 is 5.43 Å². The zero-order chi connectivity index (χ0) is 27.3. The standard InChI is InChI=1S/C26H31BrO11/c1-29-13-34-18-11-21(33-9-5-8-27)23-22(12-18)38-25(26(24(23)28)37-16-32-4)17-6-7-19(35-14-30-2)20(10-17)36-15-31-3/h6-7,10-12H,5,8-9,13-16H2,1-4H3. The number of benzene rings is 2. The van der Waals surface area contributed by atoms with Gasteiger partial charge in [0, 0.05) is 51.5 Å². The molecule has 1 heterocycles. The summed E-state index contributed by atoms with van der Waals surface area (Å²) in [6.45, 7) is 0.170. The predicted molar refractivity (Wildman–Crippen MR) is 142 cm³/mol. The third kappa shape index (κ3) is 7.51. The Morgan fingerprint density at radius 1 is 0.737 bits per heavy atom. The summed E-state index contributed by atoms with van der Waals surface area (Å²) in [4.78, 5) is 13.8. The lowest BCUT2D eigenvalue weighted by molar-refractivity contribution is 0.0323. The normalized spacial score (nSPS) is 11.0. The molecule has 38 heavy (non-hydrogen) atoms. The lowest BCUT2D eigenvalue weighted by atomic mass is 10.1. The molecule has 0 fully saturated rings. The fraction of sp³-hybridized carbons (Fsp3) is 0.423. The van der Waals surface area contributed by atoms with Crippen molar-refractivity contribution in [2.75, 3.05) is 67.5 Å². The Bertz CT molecular complexity index is 1230. The molecule has 0 bridgehead atoms. The van der Waals surface area contributed by atoms with E-state index in [2.05, 4.69) is 15.9 Å². The van der Waals surface area contributed by atoms with Crippen molar-refractivity contribution < 1.29 is 47.0 Å². The van der Waals surface area contributed by atoms with Crippen LogP contribution in [0, 0.1) is 0 Å². The summed E-state index contributed by atoms with van der Waals surface area (Å²) >= 11 is 3.38. The van der Waals surface area contributed by atoms with E-state index in [-0.39, 0.29) is 49.7 Å². The van der Waals surface area contributed by atoms with E-state index in [0.29, 0.717) is 35.2 Å². The minimum atomic E-state index is -0.440. The fourth-order valence-electron chi connectivity index (χ4n) is 3.37. The van der Waals surface area contributed by atoms with Gasteiger partial charge in [0.05, 0.1) is 6.61 Å². The maximum absolute atomic E-state index is 13.8. The van der Waals surface area contributed by atoms with Crippen molar-refractivity contribution in [1.82, 2.24) is 0 Å². The highest BCUT2D eigenvalue weighted by atomic mass is 79.9. The van der Waals surface area contributed by atoms with E-state index >= 15 is 0 Å². The first-order valence-corrected chi connectivity index (χ1v) is 12.6. The van der Waals surface area contributed by atoms with Gasteiger partial charge >= 0.3 is 0 Å². The van der Waals surface area contributed by atoms with Crippen LogP contribution in [0.15, 0.2) is 39.5 Å². The zero-order valence-electron chi connectivity index (χ0n) is 21.7. The molecule has 0 N–H and O–H groups in total. The molecule has 3 rings (SSSR count). The zero-order valence-corrected chi connectivity index (χ0v) is 23.3. The second-order valence-corrected chi connectivity index (χ2v) is 8.43. The van der Waals surface area contributed by atoms with Gasteiger partial charge in [0.1, 0.15) is 22.5 Å².